The molecule has 0 spiro atoms. The summed E-state index contributed by atoms with van der Waals surface area (Å²) in [6.07, 6.45) is -0.0312. The lowest BCUT2D eigenvalue weighted by Crippen LogP contribution is -2.46. The predicted octanol–water partition coefficient (Wildman–Crippen LogP) is 1.37. The number of carboxylic acids is 1. The van der Waals surface area contributed by atoms with Gasteiger partial charge in [0.15, 0.2) is 0 Å². The van der Waals surface area contributed by atoms with Crippen LogP contribution in [0.2, 0.25) is 0 Å². The van der Waals surface area contributed by atoms with Gasteiger partial charge in [-0.05, 0) is 19.4 Å². The molecule has 1 aliphatic heterocycles. The zero-order chi connectivity index (χ0) is 15.4. The number of fused-ring (bicyclic) bond motifs is 1. The average molecular weight is 294 g/mol. The summed E-state index contributed by atoms with van der Waals surface area (Å²) in [6, 6.07) is 5.37. The second-order valence-corrected chi connectivity index (χ2v) is 5.37. The highest BCUT2D eigenvalue weighted by Crippen LogP contribution is 2.34. The van der Waals surface area contributed by atoms with Crippen molar-refractivity contribution >= 4 is 11.7 Å². The predicted molar refractivity (Wildman–Crippen MR) is 79.7 cm³/mol. The summed E-state index contributed by atoms with van der Waals surface area (Å²) in [6.45, 7) is 2.27. The number of nitrogens with one attached hydrogen (secondary N) is 2. The minimum absolute atomic E-state index is 0.00230. The van der Waals surface area contributed by atoms with Gasteiger partial charge in [-0.2, -0.15) is 0 Å². The number of anilines is 1. The Bertz CT molecular complexity index is 506. The summed E-state index contributed by atoms with van der Waals surface area (Å²) in [5.41, 5.74) is 1.69. The van der Waals surface area contributed by atoms with Crippen molar-refractivity contribution in [2.75, 3.05) is 19.0 Å². The van der Waals surface area contributed by atoms with E-state index in [-0.39, 0.29) is 18.5 Å². The lowest BCUT2D eigenvalue weighted by Gasteiger charge is -2.33. The molecule has 6 nitrogen and oxygen atoms in total. The van der Waals surface area contributed by atoms with E-state index >= 15 is 0 Å². The number of hydrogen-bond acceptors (Lipinski definition) is 5. The number of hydrogen-bond donors (Lipinski definition) is 4. The van der Waals surface area contributed by atoms with Crippen LogP contribution >= 0.6 is 0 Å². The molecule has 1 aromatic rings. The van der Waals surface area contributed by atoms with Crippen LogP contribution in [0.3, 0.4) is 0 Å². The van der Waals surface area contributed by atoms with E-state index in [9.17, 15) is 9.90 Å². The van der Waals surface area contributed by atoms with E-state index in [0.29, 0.717) is 18.8 Å². The van der Waals surface area contributed by atoms with Crippen LogP contribution in [-0.2, 0) is 4.79 Å². The molecule has 0 saturated heterocycles. The Labute approximate surface area is 124 Å². The molecule has 1 aliphatic rings. The molecule has 0 bridgehead atoms. The highest BCUT2D eigenvalue weighted by atomic mass is 16.5. The first kappa shape index (κ1) is 15.6. The smallest absolute Gasteiger partial charge is 0.303 e. The lowest BCUT2D eigenvalue weighted by molar-refractivity contribution is -0.137. The first-order chi connectivity index (χ1) is 10.0. The number of ether oxygens (including phenoxy) is 1. The van der Waals surface area contributed by atoms with Crippen molar-refractivity contribution in [3.8, 4) is 5.75 Å². The van der Waals surface area contributed by atoms with E-state index in [1.165, 1.54) is 0 Å². The number of carbonyl (C=O) groups is 1. The molecule has 4 N–H and O–H groups in total. The molecular weight excluding hydrogens is 272 g/mol. The minimum Gasteiger partial charge on any atom is -0.491 e. The Kier molecular flexibility index (Phi) is 5.03. The van der Waals surface area contributed by atoms with E-state index in [0.717, 1.165) is 11.3 Å². The number of rotatable bonds is 6. The maximum atomic E-state index is 10.6. The van der Waals surface area contributed by atoms with Crippen molar-refractivity contribution in [2.45, 2.75) is 38.0 Å². The number of aliphatic hydroxyl groups excluding tert-OH is 1. The molecule has 3 atom stereocenters. The van der Waals surface area contributed by atoms with Crippen LogP contribution < -0.4 is 15.4 Å². The SMILES string of the molecule is CNc1ccc2c(c1)OC[C@@H](NC(C)CCC(=O)O)[C@H]2O. The first-order valence-corrected chi connectivity index (χ1v) is 7.11. The maximum absolute atomic E-state index is 10.6. The largest absolute Gasteiger partial charge is 0.491 e. The Morgan fingerprint density at radius 2 is 2.29 bits per heavy atom. The van der Waals surface area contributed by atoms with E-state index in [1.54, 1.807) is 0 Å². The molecule has 1 aromatic carbocycles. The fraction of sp³-hybridized carbons (Fsp3) is 0.533. The van der Waals surface area contributed by atoms with Gasteiger partial charge in [-0.1, -0.05) is 6.07 Å². The van der Waals surface area contributed by atoms with Crippen LogP contribution in [0.5, 0.6) is 5.75 Å². The fourth-order valence-electron chi connectivity index (χ4n) is 2.47. The maximum Gasteiger partial charge on any atom is 0.303 e. The highest BCUT2D eigenvalue weighted by molar-refractivity contribution is 5.66. The van der Waals surface area contributed by atoms with Gasteiger partial charge in [0.2, 0.25) is 0 Å². The Morgan fingerprint density at radius 3 is 2.95 bits per heavy atom. The second kappa shape index (κ2) is 6.78. The molecular formula is C15H22N2O4. The first-order valence-electron chi connectivity index (χ1n) is 7.11. The van der Waals surface area contributed by atoms with E-state index in [1.807, 2.05) is 32.2 Å². The molecule has 1 unspecified atom stereocenters. The van der Waals surface area contributed by atoms with Crippen LogP contribution in [0.4, 0.5) is 5.69 Å². The van der Waals surface area contributed by atoms with Gasteiger partial charge in [0.25, 0.3) is 0 Å². The van der Waals surface area contributed by atoms with Gasteiger partial charge in [-0.25, -0.2) is 0 Å². The molecule has 1 heterocycles. The number of aliphatic hydroxyl groups is 1. The highest BCUT2D eigenvalue weighted by Gasteiger charge is 2.30. The topological polar surface area (TPSA) is 90.8 Å². The van der Waals surface area contributed by atoms with Crippen molar-refractivity contribution in [2.24, 2.45) is 0 Å². The number of carboxylic acid groups (broad SMARTS) is 1. The van der Waals surface area contributed by atoms with Gasteiger partial charge in [0, 0.05) is 36.8 Å². The summed E-state index contributed by atoms with van der Waals surface area (Å²) in [7, 11) is 1.83. The third-order valence-corrected chi connectivity index (χ3v) is 3.71. The molecule has 0 saturated carbocycles. The fourth-order valence-corrected chi connectivity index (χ4v) is 2.47. The molecule has 0 aromatic heterocycles. The van der Waals surface area contributed by atoms with Crippen LogP contribution in [0.25, 0.3) is 0 Å². The molecule has 0 aliphatic carbocycles. The molecule has 21 heavy (non-hydrogen) atoms. The third kappa shape index (κ3) is 3.86. The summed E-state index contributed by atoms with van der Waals surface area (Å²) >= 11 is 0. The van der Waals surface area contributed by atoms with Gasteiger partial charge in [0.05, 0.1) is 6.04 Å². The Morgan fingerprint density at radius 1 is 1.52 bits per heavy atom. The van der Waals surface area contributed by atoms with E-state index < -0.39 is 12.1 Å². The van der Waals surface area contributed by atoms with Crippen molar-refractivity contribution in [1.82, 2.24) is 5.32 Å². The standard InChI is InChI=1S/C15H22N2O4/c1-9(3-6-14(18)19)17-12-8-21-13-7-10(16-2)4-5-11(13)15(12)20/h4-5,7,9,12,15-17,20H,3,6,8H2,1-2H3,(H,18,19)/t9?,12-,15+/m1/s1. The average Bonchev–Trinajstić information content (AvgIpc) is 2.47. The zero-order valence-electron chi connectivity index (χ0n) is 12.3. The monoisotopic (exact) mass is 294 g/mol. The summed E-state index contributed by atoms with van der Waals surface area (Å²) in [5, 5.41) is 25.4. The minimum atomic E-state index is -0.811. The second-order valence-electron chi connectivity index (χ2n) is 5.37. The van der Waals surface area contributed by atoms with Gasteiger partial charge in [0.1, 0.15) is 18.5 Å². The zero-order valence-corrected chi connectivity index (χ0v) is 12.3. The molecule has 2 rings (SSSR count). The molecule has 0 radical (unpaired) electrons. The van der Waals surface area contributed by atoms with Crippen molar-refractivity contribution in [3.05, 3.63) is 23.8 Å². The number of benzene rings is 1. The molecule has 116 valence electrons. The van der Waals surface area contributed by atoms with Gasteiger partial charge >= 0.3 is 5.97 Å². The van der Waals surface area contributed by atoms with E-state index in [4.69, 9.17) is 9.84 Å². The summed E-state index contributed by atoms with van der Waals surface area (Å²) < 4.78 is 5.70. The van der Waals surface area contributed by atoms with Gasteiger partial charge in [-0.15, -0.1) is 0 Å². The summed E-state index contributed by atoms with van der Waals surface area (Å²) in [4.78, 5) is 10.6. The third-order valence-electron chi connectivity index (χ3n) is 3.71. The van der Waals surface area contributed by atoms with Gasteiger partial charge in [-0.3, -0.25) is 4.79 Å². The van der Waals surface area contributed by atoms with Crippen molar-refractivity contribution < 1.29 is 19.7 Å². The lowest BCUT2D eigenvalue weighted by atomic mass is 9.97. The number of aliphatic carboxylic acids is 1. The van der Waals surface area contributed by atoms with Crippen LogP contribution in [-0.4, -0.2) is 41.9 Å². The van der Waals surface area contributed by atoms with Crippen LogP contribution in [0.15, 0.2) is 18.2 Å². The van der Waals surface area contributed by atoms with Crippen LogP contribution in [0, 0.1) is 0 Å². The van der Waals surface area contributed by atoms with Crippen molar-refractivity contribution in [3.63, 3.8) is 0 Å². The Hall–Kier alpha value is -1.79. The van der Waals surface area contributed by atoms with Crippen molar-refractivity contribution in [1.29, 1.82) is 0 Å². The molecule has 0 fully saturated rings. The molecule has 0 amide bonds. The van der Waals surface area contributed by atoms with Crippen LogP contribution in [0.1, 0.15) is 31.4 Å². The normalized spacial score (nSPS) is 22.0. The quantitative estimate of drug-likeness (QED) is 0.633. The van der Waals surface area contributed by atoms with E-state index in [2.05, 4.69) is 10.6 Å². The van der Waals surface area contributed by atoms with Gasteiger partial charge < -0.3 is 25.6 Å². The molecule has 6 heteroatoms. The Balaban J connectivity index is 1.99. The summed E-state index contributed by atoms with van der Waals surface area (Å²) in [5.74, 6) is -0.125.